The Morgan fingerprint density at radius 1 is 1.07 bits per heavy atom. The van der Waals surface area contributed by atoms with Crippen LogP contribution in [0.2, 0.25) is 0 Å². The summed E-state index contributed by atoms with van der Waals surface area (Å²) >= 11 is 8.97. The van der Waals surface area contributed by atoms with Gasteiger partial charge in [0.05, 0.1) is 16.9 Å². The number of carbonyl (C=O) groups is 1. The van der Waals surface area contributed by atoms with Crippen molar-refractivity contribution < 1.29 is 14.3 Å². The minimum atomic E-state index is -0.283. The lowest BCUT2D eigenvalue weighted by molar-refractivity contribution is 0.0955. The fourth-order valence-corrected chi connectivity index (χ4v) is 3.83. The summed E-state index contributed by atoms with van der Waals surface area (Å²) < 4.78 is 14.3. The second-order valence-corrected chi connectivity index (χ2v) is 9.15. The Morgan fingerprint density at radius 3 is 2.33 bits per heavy atom. The molecule has 3 rings (SSSR count). The first-order valence-electron chi connectivity index (χ1n) is 8.80. The highest BCUT2D eigenvalue weighted by Gasteiger charge is 2.12. The number of hydrogen-bond donors (Lipinski definition) is 1. The molecule has 30 heavy (non-hydrogen) atoms. The van der Waals surface area contributed by atoms with Crippen LogP contribution in [0.1, 0.15) is 21.5 Å². The molecular weight excluding hydrogens is 627 g/mol. The Kier molecular flexibility index (Phi) is 8.29. The first-order valence-corrected chi connectivity index (χ1v) is 11.5. The van der Waals surface area contributed by atoms with Crippen molar-refractivity contribution in [1.82, 2.24) is 5.43 Å². The molecule has 3 aromatic rings. The predicted molar refractivity (Wildman–Crippen MR) is 133 cm³/mol. The number of rotatable bonds is 7. The molecule has 8 heteroatoms. The molecule has 5 nitrogen and oxygen atoms in total. The van der Waals surface area contributed by atoms with Gasteiger partial charge in [0.25, 0.3) is 5.91 Å². The van der Waals surface area contributed by atoms with Crippen LogP contribution in [0.25, 0.3) is 0 Å². The summed E-state index contributed by atoms with van der Waals surface area (Å²) in [6.45, 7) is 0.427. The van der Waals surface area contributed by atoms with Crippen molar-refractivity contribution in [2.75, 3.05) is 7.11 Å². The molecule has 0 aliphatic heterocycles. The fraction of sp³-hybridized carbons (Fsp3) is 0.0909. The third-order valence-corrected chi connectivity index (χ3v) is 5.89. The van der Waals surface area contributed by atoms with Crippen molar-refractivity contribution in [1.29, 1.82) is 0 Å². The Morgan fingerprint density at radius 2 is 1.70 bits per heavy atom. The molecule has 0 unspecified atom stereocenters. The van der Waals surface area contributed by atoms with E-state index in [4.69, 9.17) is 9.47 Å². The van der Waals surface area contributed by atoms with Crippen molar-refractivity contribution in [3.05, 3.63) is 89.9 Å². The SMILES string of the molecule is COc1cc(/C=N\NC(=O)c2ccc(Br)cc2)cc(I)c1OCc1ccc(Br)cc1. The van der Waals surface area contributed by atoms with Gasteiger partial charge in [-0.3, -0.25) is 4.79 Å². The average molecular weight is 644 g/mol. The van der Waals surface area contributed by atoms with E-state index in [1.54, 1.807) is 37.6 Å². The quantitative estimate of drug-likeness (QED) is 0.190. The number of hydrogen-bond acceptors (Lipinski definition) is 4. The van der Waals surface area contributed by atoms with Crippen molar-refractivity contribution in [2.45, 2.75) is 6.61 Å². The molecule has 0 fully saturated rings. The number of benzene rings is 3. The van der Waals surface area contributed by atoms with Gasteiger partial charge in [0.1, 0.15) is 6.61 Å². The molecule has 0 radical (unpaired) electrons. The molecule has 1 amide bonds. The highest BCUT2D eigenvalue weighted by atomic mass is 127. The Bertz CT molecular complexity index is 1060. The number of nitrogens with one attached hydrogen (secondary N) is 1. The maximum atomic E-state index is 12.1. The molecule has 0 bridgehead atoms. The third-order valence-electron chi connectivity index (χ3n) is 4.03. The lowest BCUT2D eigenvalue weighted by Gasteiger charge is -2.13. The zero-order chi connectivity index (χ0) is 21.5. The van der Waals surface area contributed by atoms with Gasteiger partial charge in [-0.05, 0) is 82.2 Å². The molecule has 154 valence electrons. The molecule has 0 spiro atoms. The van der Waals surface area contributed by atoms with Crippen LogP contribution in [0.3, 0.4) is 0 Å². The van der Waals surface area contributed by atoms with E-state index in [0.717, 1.165) is 23.6 Å². The van der Waals surface area contributed by atoms with E-state index in [1.165, 1.54) is 0 Å². The normalized spacial score (nSPS) is 10.8. The molecule has 0 atom stereocenters. The van der Waals surface area contributed by atoms with Gasteiger partial charge < -0.3 is 9.47 Å². The van der Waals surface area contributed by atoms with Crippen LogP contribution >= 0.6 is 54.5 Å². The summed E-state index contributed by atoms with van der Waals surface area (Å²) in [6.07, 6.45) is 1.57. The monoisotopic (exact) mass is 642 g/mol. The molecule has 0 aliphatic rings. The summed E-state index contributed by atoms with van der Waals surface area (Å²) in [5.74, 6) is 0.978. The van der Waals surface area contributed by atoms with Crippen LogP contribution in [0.5, 0.6) is 11.5 Å². The molecule has 0 saturated heterocycles. The Balaban J connectivity index is 1.68. The molecule has 0 aliphatic carbocycles. The van der Waals surface area contributed by atoms with Crippen LogP contribution in [-0.4, -0.2) is 19.2 Å². The zero-order valence-corrected chi connectivity index (χ0v) is 21.2. The molecule has 1 N–H and O–H groups in total. The molecule has 0 aromatic heterocycles. The van der Waals surface area contributed by atoms with Gasteiger partial charge >= 0.3 is 0 Å². The number of methoxy groups -OCH3 is 1. The molecule has 0 saturated carbocycles. The van der Waals surface area contributed by atoms with Gasteiger partial charge in [-0.25, -0.2) is 5.43 Å². The minimum Gasteiger partial charge on any atom is -0.493 e. The first kappa shape index (κ1) is 22.8. The lowest BCUT2D eigenvalue weighted by atomic mass is 10.2. The molecular formula is C22H17Br2IN2O3. The first-order chi connectivity index (χ1) is 14.5. The highest BCUT2D eigenvalue weighted by molar-refractivity contribution is 14.1. The summed E-state index contributed by atoms with van der Waals surface area (Å²) in [6, 6.07) is 18.7. The van der Waals surface area contributed by atoms with Gasteiger partial charge in [0, 0.05) is 14.5 Å². The van der Waals surface area contributed by atoms with Crippen molar-refractivity contribution in [2.24, 2.45) is 5.10 Å². The van der Waals surface area contributed by atoms with Crippen LogP contribution in [0.4, 0.5) is 0 Å². The number of amides is 1. The number of ether oxygens (including phenoxy) is 2. The second kappa shape index (κ2) is 10.9. The second-order valence-electron chi connectivity index (χ2n) is 6.16. The van der Waals surface area contributed by atoms with Gasteiger partial charge in [0.15, 0.2) is 11.5 Å². The van der Waals surface area contributed by atoms with Crippen molar-refractivity contribution in [3.63, 3.8) is 0 Å². The number of hydrazone groups is 1. The van der Waals surface area contributed by atoms with Gasteiger partial charge in [-0.1, -0.05) is 44.0 Å². The average Bonchev–Trinajstić information content (AvgIpc) is 2.74. The van der Waals surface area contributed by atoms with Crippen LogP contribution in [0, 0.1) is 3.57 Å². The Labute approximate surface area is 205 Å². The van der Waals surface area contributed by atoms with Crippen LogP contribution in [0.15, 0.2) is 74.7 Å². The highest BCUT2D eigenvalue weighted by Crippen LogP contribution is 2.34. The number of halogens is 3. The number of carbonyl (C=O) groups excluding carboxylic acids is 1. The summed E-state index contributed by atoms with van der Waals surface area (Å²) in [5.41, 5.74) is 4.89. The van der Waals surface area contributed by atoms with E-state index in [1.807, 2.05) is 36.4 Å². The largest absolute Gasteiger partial charge is 0.493 e. The maximum absolute atomic E-state index is 12.1. The van der Waals surface area contributed by atoms with Gasteiger partial charge in [-0.15, -0.1) is 0 Å². The summed E-state index contributed by atoms with van der Waals surface area (Å²) in [5, 5.41) is 4.05. The van der Waals surface area contributed by atoms with Gasteiger partial charge in [0.2, 0.25) is 0 Å². The van der Waals surface area contributed by atoms with Crippen LogP contribution < -0.4 is 14.9 Å². The van der Waals surface area contributed by atoms with E-state index in [9.17, 15) is 4.79 Å². The topological polar surface area (TPSA) is 59.9 Å². The van der Waals surface area contributed by atoms with Crippen molar-refractivity contribution >= 4 is 66.6 Å². The van der Waals surface area contributed by atoms with E-state index < -0.39 is 0 Å². The fourth-order valence-electron chi connectivity index (χ4n) is 2.52. The van der Waals surface area contributed by atoms with E-state index in [-0.39, 0.29) is 5.91 Å². The summed E-state index contributed by atoms with van der Waals surface area (Å²) in [7, 11) is 1.59. The maximum Gasteiger partial charge on any atom is 0.271 e. The number of nitrogens with zero attached hydrogens (tertiary/aromatic N) is 1. The van der Waals surface area contributed by atoms with Crippen LogP contribution in [-0.2, 0) is 6.61 Å². The van der Waals surface area contributed by atoms with E-state index in [2.05, 4.69) is 65.0 Å². The molecule has 3 aromatic carbocycles. The van der Waals surface area contributed by atoms with Crippen molar-refractivity contribution in [3.8, 4) is 11.5 Å². The third kappa shape index (κ3) is 6.29. The van der Waals surface area contributed by atoms with E-state index >= 15 is 0 Å². The zero-order valence-electron chi connectivity index (χ0n) is 15.9. The van der Waals surface area contributed by atoms with E-state index in [0.29, 0.717) is 23.7 Å². The lowest BCUT2D eigenvalue weighted by Crippen LogP contribution is -2.17. The predicted octanol–water partition coefficient (Wildman–Crippen LogP) is 6.17. The molecule has 0 heterocycles. The Hall–Kier alpha value is -1.91. The van der Waals surface area contributed by atoms with Gasteiger partial charge in [-0.2, -0.15) is 5.10 Å². The smallest absolute Gasteiger partial charge is 0.271 e. The standard InChI is InChI=1S/C22H17Br2IN2O3/c1-29-20-11-15(12-26-27-22(28)16-4-8-18(24)9-5-16)10-19(25)21(20)30-13-14-2-6-17(23)7-3-14/h2-12H,13H2,1H3,(H,27,28)/b26-12-. The minimum absolute atomic E-state index is 0.283. The summed E-state index contributed by atoms with van der Waals surface area (Å²) in [4.78, 5) is 12.1.